The molecule has 1 aliphatic rings. The summed E-state index contributed by atoms with van der Waals surface area (Å²) in [6, 6.07) is 16.4. The Kier molecular flexibility index (Phi) is 10.6. The van der Waals surface area contributed by atoms with E-state index in [0.29, 0.717) is 48.6 Å². The molecule has 3 aromatic carbocycles. The highest BCUT2D eigenvalue weighted by molar-refractivity contribution is 14.1. The summed E-state index contributed by atoms with van der Waals surface area (Å²) in [5.74, 6) is 0.775. The van der Waals surface area contributed by atoms with Crippen molar-refractivity contribution in [2.75, 3.05) is 31.7 Å². The molecule has 11 heteroatoms. The topological polar surface area (TPSA) is 94.2 Å². The average molecular weight is 707 g/mol. The van der Waals surface area contributed by atoms with Crippen LogP contribution >= 0.6 is 46.0 Å². The van der Waals surface area contributed by atoms with Crippen molar-refractivity contribution >= 4 is 74.8 Å². The number of halogens is 2. The number of carbonyl (C=O) groups is 3. The first-order valence-electron chi connectivity index (χ1n) is 12.7. The SMILES string of the molecule is CCOc1cc(/C=C2\SC(=O)N(CCOc3cccc(C)c3)C2=O)cc(I)c1OCC(=O)Nc1ccc(C)c(Cl)c1. The maximum Gasteiger partial charge on any atom is 0.293 e. The second kappa shape index (κ2) is 14.1. The fourth-order valence-electron chi connectivity index (χ4n) is 3.88. The molecule has 0 atom stereocenters. The molecule has 0 aromatic heterocycles. The van der Waals surface area contributed by atoms with Gasteiger partial charge in [-0.25, -0.2) is 0 Å². The van der Waals surface area contributed by atoms with Crippen molar-refractivity contribution in [2.24, 2.45) is 0 Å². The summed E-state index contributed by atoms with van der Waals surface area (Å²) >= 11 is 9.11. The third kappa shape index (κ3) is 8.17. The van der Waals surface area contributed by atoms with Crippen LogP contribution in [0.15, 0.2) is 59.5 Å². The largest absolute Gasteiger partial charge is 0.492 e. The predicted molar refractivity (Wildman–Crippen MR) is 170 cm³/mol. The van der Waals surface area contributed by atoms with E-state index in [2.05, 4.69) is 27.9 Å². The second-order valence-electron chi connectivity index (χ2n) is 9.06. The van der Waals surface area contributed by atoms with Gasteiger partial charge in [0, 0.05) is 10.7 Å². The van der Waals surface area contributed by atoms with Gasteiger partial charge in [-0.2, -0.15) is 0 Å². The van der Waals surface area contributed by atoms with Crippen molar-refractivity contribution in [3.05, 3.63) is 84.8 Å². The van der Waals surface area contributed by atoms with Gasteiger partial charge in [0.15, 0.2) is 18.1 Å². The van der Waals surface area contributed by atoms with Gasteiger partial charge in [-0.3, -0.25) is 19.3 Å². The minimum Gasteiger partial charge on any atom is -0.492 e. The van der Waals surface area contributed by atoms with Gasteiger partial charge in [-0.05, 0) is 114 Å². The molecule has 3 aromatic rings. The lowest BCUT2D eigenvalue weighted by Gasteiger charge is -2.15. The Balaban J connectivity index is 1.42. The van der Waals surface area contributed by atoms with Gasteiger partial charge in [-0.15, -0.1) is 0 Å². The van der Waals surface area contributed by atoms with Crippen LogP contribution in [0.1, 0.15) is 23.6 Å². The van der Waals surface area contributed by atoms with E-state index in [4.69, 9.17) is 25.8 Å². The zero-order valence-electron chi connectivity index (χ0n) is 22.7. The van der Waals surface area contributed by atoms with Crippen LogP contribution in [0.25, 0.3) is 6.08 Å². The zero-order valence-corrected chi connectivity index (χ0v) is 26.4. The second-order valence-corrected chi connectivity index (χ2v) is 11.6. The maximum atomic E-state index is 13.0. The van der Waals surface area contributed by atoms with E-state index >= 15 is 0 Å². The molecule has 0 aliphatic carbocycles. The Morgan fingerprint density at radius 1 is 1.07 bits per heavy atom. The molecule has 1 N–H and O–H groups in total. The number of nitrogens with zero attached hydrogens (tertiary/aromatic N) is 1. The molecule has 0 bridgehead atoms. The quantitative estimate of drug-likeness (QED) is 0.168. The fraction of sp³-hybridized carbons (Fsp3) is 0.233. The lowest BCUT2D eigenvalue weighted by atomic mass is 10.2. The molecule has 3 amide bonds. The fourth-order valence-corrected chi connectivity index (χ4v) is 5.71. The number of nitrogens with one attached hydrogen (secondary N) is 1. The number of aryl methyl sites for hydroxylation is 2. The van der Waals surface area contributed by atoms with E-state index < -0.39 is 0 Å². The Morgan fingerprint density at radius 3 is 2.61 bits per heavy atom. The first-order chi connectivity index (χ1) is 19.6. The van der Waals surface area contributed by atoms with Crippen molar-refractivity contribution in [1.82, 2.24) is 4.90 Å². The highest BCUT2D eigenvalue weighted by atomic mass is 127. The molecule has 1 aliphatic heterocycles. The molecule has 0 radical (unpaired) electrons. The molecule has 0 saturated carbocycles. The van der Waals surface area contributed by atoms with Crippen LogP contribution in [0.2, 0.25) is 5.02 Å². The molecule has 41 heavy (non-hydrogen) atoms. The summed E-state index contributed by atoms with van der Waals surface area (Å²) in [6.07, 6.45) is 1.65. The molecule has 214 valence electrons. The van der Waals surface area contributed by atoms with E-state index in [1.54, 1.807) is 30.3 Å². The Hall–Kier alpha value is -3.22. The van der Waals surface area contributed by atoms with Crippen molar-refractivity contribution in [2.45, 2.75) is 20.8 Å². The van der Waals surface area contributed by atoms with Crippen molar-refractivity contribution in [3.63, 3.8) is 0 Å². The molecule has 8 nitrogen and oxygen atoms in total. The zero-order chi connectivity index (χ0) is 29.5. The van der Waals surface area contributed by atoms with Crippen LogP contribution in [-0.4, -0.2) is 48.3 Å². The monoisotopic (exact) mass is 706 g/mol. The molecule has 1 fully saturated rings. The Labute approximate surface area is 261 Å². The van der Waals surface area contributed by atoms with Gasteiger partial charge in [0.05, 0.1) is 21.6 Å². The van der Waals surface area contributed by atoms with Crippen LogP contribution in [0, 0.1) is 17.4 Å². The standard InChI is InChI=1S/C30H28ClIN2O6S/c1-4-38-25-14-20(13-24(32)28(25)40-17-27(35)33-21-9-8-19(3)23(31)16-21)15-26-29(36)34(30(37)41-26)10-11-39-22-7-5-6-18(2)12-22/h5-9,12-16H,4,10-11,17H2,1-3H3,(H,33,35)/b26-15-. The number of benzene rings is 3. The van der Waals surface area contributed by atoms with E-state index in [-0.39, 0.29) is 36.8 Å². The van der Waals surface area contributed by atoms with Gasteiger partial charge < -0.3 is 19.5 Å². The normalized spacial score (nSPS) is 14.0. The average Bonchev–Trinajstić information content (AvgIpc) is 3.18. The lowest BCUT2D eigenvalue weighted by Crippen LogP contribution is -2.32. The molecule has 1 heterocycles. The first-order valence-corrected chi connectivity index (χ1v) is 15.0. The summed E-state index contributed by atoms with van der Waals surface area (Å²) < 4.78 is 18.0. The van der Waals surface area contributed by atoms with Gasteiger partial charge in [0.2, 0.25) is 0 Å². The van der Waals surface area contributed by atoms with Gasteiger partial charge in [0.1, 0.15) is 12.4 Å². The maximum absolute atomic E-state index is 13.0. The van der Waals surface area contributed by atoms with Crippen LogP contribution < -0.4 is 19.5 Å². The number of hydrogen-bond donors (Lipinski definition) is 1. The number of ether oxygens (including phenoxy) is 3. The number of anilines is 1. The number of carbonyl (C=O) groups excluding carboxylic acids is 3. The minimum atomic E-state index is -0.381. The first kappa shape index (κ1) is 30.7. The summed E-state index contributed by atoms with van der Waals surface area (Å²) in [4.78, 5) is 39.6. The van der Waals surface area contributed by atoms with E-state index in [0.717, 1.165) is 22.9 Å². The molecule has 1 saturated heterocycles. The van der Waals surface area contributed by atoms with Crippen molar-refractivity contribution in [3.8, 4) is 17.2 Å². The van der Waals surface area contributed by atoms with E-state index in [1.165, 1.54) is 4.90 Å². The smallest absolute Gasteiger partial charge is 0.293 e. The van der Waals surface area contributed by atoms with Crippen LogP contribution in [-0.2, 0) is 9.59 Å². The molecule has 0 spiro atoms. The summed E-state index contributed by atoms with van der Waals surface area (Å²) in [6.45, 7) is 6.13. The number of rotatable bonds is 11. The molecular weight excluding hydrogens is 679 g/mol. The highest BCUT2D eigenvalue weighted by Gasteiger charge is 2.35. The van der Waals surface area contributed by atoms with Crippen LogP contribution in [0.4, 0.5) is 10.5 Å². The summed E-state index contributed by atoms with van der Waals surface area (Å²) in [5.41, 5.74) is 3.20. The van der Waals surface area contributed by atoms with Gasteiger partial charge in [0.25, 0.3) is 17.1 Å². The third-order valence-corrected chi connectivity index (χ3v) is 8.00. The number of amides is 3. The third-order valence-electron chi connectivity index (χ3n) is 5.88. The van der Waals surface area contributed by atoms with Gasteiger partial charge in [-0.1, -0.05) is 29.8 Å². The molecule has 0 unspecified atom stereocenters. The van der Waals surface area contributed by atoms with Gasteiger partial charge >= 0.3 is 0 Å². The number of hydrogen-bond acceptors (Lipinski definition) is 7. The van der Waals surface area contributed by atoms with Crippen LogP contribution in [0.3, 0.4) is 0 Å². The summed E-state index contributed by atoms with van der Waals surface area (Å²) in [7, 11) is 0. The highest BCUT2D eigenvalue weighted by Crippen LogP contribution is 2.37. The van der Waals surface area contributed by atoms with E-state index in [9.17, 15) is 14.4 Å². The summed E-state index contributed by atoms with van der Waals surface area (Å²) in [5, 5.41) is 2.97. The Morgan fingerprint density at radius 2 is 1.88 bits per heavy atom. The molecular formula is C30H28ClIN2O6S. The van der Waals surface area contributed by atoms with Crippen molar-refractivity contribution in [1.29, 1.82) is 0 Å². The molecule has 4 rings (SSSR count). The van der Waals surface area contributed by atoms with Crippen molar-refractivity contribution < 1.29 is 28.6 Å². The predicted octanol–water partition coefficient (Wildman–Crippen LogP) is 7.09. The number of thioether (sulfide) groups is 1. The van der Waals surface area contributed by atoms with Crippen LogP contribution in [0.5, 0.6) is 17.2 Å². The lowest BCUT2D eigenvalue weighted by molar-refractivity contribution is -0.123. The Bertz CT molecular complexity index is 1510. The number of imide groups is 1. The van der Waals surface area contributed by atoms with E-state index in [1.807, 2.05) is 51.1 Å². The minimum absolute atomic E-state index is 0.140.